The van der Waals surface area contributed by atoms with Crippen LogP contribution in [0.5, 0.6) is 0 Å². The summed E-state index contributed by atoms with van der Waals surface area (Å²) < 4.78 is 0.962. The van der Waals surface area contributed by atoms with Crippen LogP contribution in [0.4, 0.5) is 11.6 Å². The lowest BCUT2D eigenvalue weighted by molar-refractivity contribution is 0.0690. The molecule has 0 bridgehead atoms. The van der Waals surface area contributed by atoms with Crippen molar-refractivity contribution in [2.45, 2.75) is 13.8 Å². The van der Waals surface area contributed by atoms with Gasteiger partial charge < -0.3 is 10.4 Å². The first kappa shape index (κ1) is 13.5. The first-order valence-corrected chi connectivity index (χ1v) is 6.37. The van der Waals surface area contributed by atoms with E-state index in [9.17, 15) is 4.79 Å². The van der Waals surface area contributed by atoms with E-state index in [2.05, 4.69) is 31.2 Å². The van der Waals surface area contributed by atoms with Gasteiger partial charge in [0.05, 0.1) is 0 Å². The Labute approximate surface area is 118 Å². The molecule has 0 aliphatic rings. The zero-order valence-electron chi connectivity index (χ0n) is 10.4. The van der Waals surface area contributed by atoms with Crippen molar-refractivity contribution in [3.8, 4) is 0 Å². The molecule has 98 valence electrons. The minimum absolute atomic E-state index is 0.0267. The monoisotopic (exact) mass is 321 g/mol. The van der Waals surface area contributed by atoms with Gasteiger partial charge in [0.15, 0.2) is 5.69 Å². The fraction of sp³-hybridized carbons (Fsp3) is 0.154. The maximum Gasteiger partial charge on any atom is 0.354 e. The van der Waals surface area contributed by atoms with Gasteiger partial charge in [0, 0.05) is 15.9 Å². The number of aromatic carboxylic acids is 1. The van der Waals surface area contributed by atoms with Gasteiger partial charge in [0.25, 0.3) is 0 Å². The van der Waals surface area contributed by atoms with Gasteiger partial charge in [-0.3, -0.25) is 0 Å². The molecule has 0 atom stereocenters. The highest BCUT2D eigenvalue weighted by Crippen LogP contribution is 2.22. The van der Waals surface area contributed by atoms with Crippen LogP contribution in [-0.2, 0) is 0 Å². The third kappa shape index (κ3) is 3.29. The summed E-state index contributed by atoms with van der Waals surface area (Å²) in [5, 5.41) is 11.9. The average Bonchev–Trinajstić information content (AvgIpc) is 2.33. The number of anilines is 2. The summed E-state index contributed by atoms with van der Waals surface area (Å²) in [6.45, 7) is 3.71. The number of aromatic nitrogens is 2. The Morgan fingerprint density at radius 2 is 2.00 bits per heavy atom. The van der Waals surface area contributed by atoms with Crippen molar-refractivity contribution in [1.29, 1.82) is 0 Å². The van der Waals surface area contributed by atoms with Crippen molar-refractivity contribution in [2.75, 3.05) is 5.32 Å². The molecule has 0 radical (unpaired) electrons. The Morgan fingerprint density at radius 1 is 1.26 bits per heavy atom. The summed E-state index contributed by atoms with van der Waals surface area (Å²) in [7, 11) is 0. The molecule has 19 heavy (non-hydrogen) atoms. The number of carbonyl (C=O) groups is 1. The number of nitrogens with one attached hydrogen (secondary N) is 1. The minimum Gasteiger partial charge on any atom is -0.477 e. The fourth-order valence-corrected chi connectivity index (χ4v) is 1.91. The van der Waals surface area contributed by atoms with Crippen molar-refractivity contribution in [1.82, 2.24) is 9.97 Å². The largest absolute Gasteiger partial charge is 0.477 e. The molecule has 1 aromatic carbocycles. The van der Waals surface area contributed by atoms with Gasteiger partial charge in [-0.1, -0.05) is 22.0 Å². The minimum atomic E-state index is -1.07. The molecular formula is C13H12BrN3O2. The quantitative estimate of drug-likeness (QED) is 0.907. The van der Waals surface area contributed by atoms with Gasteiger partial charge in [-0.2, -0.15) is 0 Å². The summed E-state index contributed by atoms with van der Waals surface area (Å²) in [5.41, 5.74) is 2.48. The van der Waals surface area contributed by atoms with E-state index in [0.717, 1.165) is 15.7 Å². The Balaban J connectivity index is 2.32. The highest BCUT2D eigenvalue weighted by Gasteiger charge is 2.09. The lowest BCUT2D eigenvalue weighted by atomic mass is 10.2. The van der Waals surface area contributed by atoms with Crippen LogP contribution in [-0.4, -0.2) is 21.0 Å². The molecule has 0 spiro atoms. The zero-order valence-corrected chi connectivity index (χ0v) is 12.0. The predicted octanol–water partition coefficient (Wildman–Crippen LogP) is 3.30. The van der Waals surface area contributed by atoms with Crippen molar-refractivity contribution < 1.29 is 9.90 Å². The van der Waals surface area contributed by atoms with Crippen LogP contribution in [0.3, 0.4) is 0 Å². The van der Waals surface area contributed by atoms with E-state index < -0.39 is 5.97 Å². The Morgan fingerprint density at radius 3 is 2.63 bits per heavy atom. The SMILES string of the molecule is Cc1cc(C(=O)O)nc(Nc2ccc(C)c(Br)c2)n1. The number of halogens is 1. The molecule has 1 aromatic heterocycles. The third-order valence-electron chi connectivity index (χ3n) is 2.50. The maximum absolute atomic E-state index is 10.9. The zero-order chi connectivity index (χ0) is 14.0. The van der Waals surface area contributed by atoms with Gasteiger partial charge in [-0.25, -0.2) is 14.8 Å². The van der Waals surface area contributed by atoms with E-state index in [4.69, 9.17) is 5.11 Å². The summed E-state index contributed by atoms with van der Waals surface area (Å²) in [5.74, 6) is -0.799. The number of hydrogen-bond acceptors (Lipinski definition) is 4. The normalized spacial score (nSPS) is 10.3. The van der Waals surface area contributed by atoms with Crippen LogP contribution in [0.25, 0.3) is 0 Å². The van der Waals surface area contributed by atoms with Crippen LogP contribution < -0.4 is 5.32 Å². The summed E-state index contributed by atoms with van der Waals surface area (Å²) >= 11 is 3.44. The lowest BCUT2D eigenvalue weighted by Gasteiger charge is -2.08. The van der Waals surface area contributed by atoms with Crippen LogP contribution in [0.2, 0.25) is 0 Å². The summed E-state index contributed by atoms with van der Waals surface area (Å²) in [6, 6.07) is 7.15. The Bertz CT molecular complexity index is 644. The van der Waals surface area contributed by atoms with Gasteiger partial charge in [-0.05, 0) is 37.6 Å². The van der Waals surface area contributed by atoms with Crippen molar-refractivity contribution >= 4 is 33.5 Å². The molecule has 0 aliphatic carbocycles. The number of hydrogen-bond donors (Lipinski definition) is 2. The molecule has 5 nitrogen and oxygen atoms in total. The second kappa shape index (κ2) is 5.36. The Kier molecular flexibility index (Phi) is 3.80. The number of rotatable bonds is 3. The van der Waals surface area contributed by atoms with Gasteiger partial charge in [-0.15, -0.1) is 0 Å². The van der Waals surface area contributed by atoms with Crippen LogP contribution in [0.1, 0.15) is 21.7 Å². The molecular weight excluding hydrogens is 310 g/mol. The molecule has 0 unspecified atom stereocenters. The molecule has 6 heteroatoms. The first-order valence-electron chi connectivity index (χ1n) is 5.58. The highest BCUT2D eigenvalue weighted by atomic mass is 79.9. The fourth-order valence-electron chi connectivity index (χ4n) is 1.53. The van der Waals surface area contributed by atoms with E-state index in [1.54, 1.807) is 6.92 Å². The van der Waals surface area contributed by atoms with E-state index in [1.165, 1.54) is 6.07 Å². The van der Waals surface area contributed by atoms with E-state index in [0.29, 0.717) is 5.69 Å². The summed E-state index contributed by atoms with van der Waals surface area (Å²) in [4.78, 5) is 19.0. The smallest absolute Gasteiger partial charge is 0.354 e. The van der Waals surface area contributed by atoms with Crippen molar-refractivity contribution in [3.63, 3.8) is 0 Å². The molecule has 0 saturated heterocycles. The van der Waals surface area contributed by atoms with Crippen LogP contribution in [0, 0.1) is 13.8 Å². The van der Waals surface area contributed by atoms with E-state index in [-0.39, 0.29) is 11.6 Å². The van der Waals surface area contributed by atoms with Crippen LogP contribution in [0.15, 0.2) is 28.7 Å². The standard InChI is InChI=1S/C13H12BrN3O2/c1-7-3-4-9(6-10(7)14)16-13-15-8(2)5-11(17-13)12(18)19/h3-6H,1-2H3,(H,18,19)(H,15,16,17). The molecule has 0 saturated carbocycles. The third-order valence-corrected chi connectivity index (χ3v) is 3.36. The number of carboxylic acid groups (broad SMARTS) is 1. The number of aryl methyl sites for hydroxylation is 2. The molecule has 0 amide bonds. The van der Waals surface area contributed by atoms with E-state index >= 15 is 0 Å². The van der Waals surface area contributed by atoms with Crippen LogP contribution >= 0.6 is 15.9 Å². The molecule has 1 heterocycles. The van der Waals surface area contributed by atoms with Gasteiger partial charge >= 0.3 is 5.97 Å². The first-order chi connectivity index (χ1) is 8.95. The highest BCUT2D eigenvalue weighted by molar-refractivity contribution is 9.10. The second-order valence-corrected chi connectivity index (χ2v) is 4.97. The number of carboxylic acids is 1. The van der Waals surface area contributed by atoms with Gasteiger partial charge in [0.1, 0.15) is 0 Å². The molecule has 0 aliphatic heterocycles. The lowest BCUT2D eigenvalue weighted by Crippen LogP contribution is -2.06. The topological polar surface area (TPSA) is 75.1 Å². The average molecular weight is 322 g/mol. The van der Waals surface area contributed by atoms with Crippen molar-refractivity contribution in [3.05, 3.63) is 45.7 Å². The predicted molar refractivity (Wildman–Crippen MR) is 75.9 cm³/mol. The molecule has 0 fully saturated rings. The Hall–Kier alpha value is -1.95. The second-order valence-electron chi connectivity index (χ2n) is 4.11. The van der Waals surface area contributed by atoms with E-state index in [1.807, 2.05) is 25.1 Å². The molecule has 2 aromatic rings. The number of nitrogens with zero attached hydrogens (tertiary/aromatic N) is 2. The molecule has 2 N–H and O–H groups in total. The number of benzene rings is 1. The summed E-state index contributed by atoms with van der Waals surface area (Å²) in [6.07, 6.45) is 0. The van der Waals surface area contributed by atoms with Crippen molar-refractivity contribution in [2.24, 2.45) is 0 Å². The maximum atomic E-state index is 10.9. The van der Waals surface area contributed by atoms with Gasteiger partial charge in [0.2, 0.25) is 5.95 Å². The molecule has 2 rings (SSSR count).